The highest BCUT2D eigenvalue weighted by Gasteiger charge is 2.09. The Hall–Kier alpha value is -0.870. The van der Waals surface area contributed by atoms with Crippen molar-refractivity contribution in [2.45, 2.75) is 19.8 Å². The molecule has 2 aromatic rings. The second-order valence-corrected chi connectivity index (χ2v) is 4.44. The average molecular weight is 268 g/mol. The van der Waals surface area contributed by atoms with Crippen LogP contribution in [0.3, 0.4) is 0 Å². The Kier molecular flexibility index (Phi) is 3.07. The van der Waals surface area contributed by atoms with E-state index in [1.807, 2.05) is 25.3 Å². The van der Waals surface area contributed by atoms with Gasteiger partial charge >= 0.3 is 0 Å². The molecule has 0 aliphatic carbocycles. The highest BCUT2D eigenvalue weighted by Crippen LogP contribution is 2.20. The van der Waals surface area contributed by atoms with E-state index >= 15 is 0 Å². The summed E-state index contributed by atoms with van der Waals surface area (Å²) >= 11 is 3.50. The van der Waals surface area contributed by atoms with Crippen molar-refractivity contribution in [2.24, 2.45) is 5.73 Å². The average Bonchev–Trinajstić information content (AvgIpc) is 2.54. The van der Waals surface area contributed by atoms with Gasteiger partial charge in [-0.1, -0.05) is 0 Å². The van der Waals surface area contributed by atoms with Crippen LogP contribution in [0.1, 0.15) is 17.8 Å². The summed E-state index contributed by atoms with van der Waals surface area (Å²) < 4.78 is 3.17. The molecule has 15 heavy (non-hydrogen) atoms. The van der Waals surface area contributed by atoms with Crippen LogP contribution in [0.15, 0.2) is 22.8 Å². The van der Waals surface area contributed by atoms with Crippen molar-refractivity contribution in [3.8, 4) is 0 Å². The van der Waals surface area contributed by atoms with Gasteiger partial charge in [0, 0.05) is 11.9 Å². The Balaban J connectivity index is 2.53. The van der Waals surface area contributed by atoms with Gasteiger partial charge in [0.1, 0.15) is 0 Å². The molecule has 80 valence electrons. The molecule has 2 aromatic heterocycles. The molecule has 0 amide bonds. The summed E-state index contributed by atoms with van der Waals surface area (Å²) in [6.45, 7) is 2.77. The number of nitrogens with two attached hydrogens (primary N) is 1. The molecule has 0 fully saturated rings. The third kappa shape index (κ3) is 1.92. The second kappa shape index (κ2) is 4.33. The van der Waals surface area contributed by atoms with Gasteiger partial charge in [0.05, 0.1) is 10.2 Å². The highest BCUT2D eigenvalue weighted by molar-refractivity contribution is 9.10. The number of rotatable bonds is 3. The number of pyridine rings is 1. The lowest BCUT2D eigenvalue weighted by atomic mass is 10.2. The molecule has 0 spiro atoms. The maximum absolute atomic E-state index is 5.53. The quantitative estimate of drug-likeness (QED) is 0.928. The van der Waals surface area contributed by atoms with Gasteiger partial charge in [0.25, 0.3) is 0 Å². The van der Waals surface area contributed by atoms with Crippen LogP contribution in [0.2, 0.25) is 0 Å². The molecule has 0 atom stereocenters. The van der Waals surface area contributed by atoms with Gasteiger partial charge in [0.2, 0.25) is 0 Å². The summed E-state index contributed by atoms with van der Waals surface area (Å²) in [5.74, 6) is 0. The topological polar surface area (TPSA) is 43.3 Å². The molecular formula is C11H14BrN3. The van der Waals surface area contributed by atoms with E-state index in [9.17, 15) is 0 Å². The summed E-state index contributed by atoms with van der Waals surface area (Å²) in [7, 11) is 0. The van der Waals surface area contributed by atoms with Crippen LogP contribution in [-0.2, 0) is 6.42 Å². The van der Waals surface area contributed by atoms with E-state index in [1.54, 1.807) is 0 Å². The molecule has 0 saturated heterocycles. The number of aryl methyl sites for hydroxylation is 2. The van der Waals surface area contributed by atoms with Crippen LogP contribution >= 0.6 is 15.9 Å². The molecule has 4 heteroatoms. The van der Waals surface area contributed by atoms with Crippen LogP contribution in [-0.4, -0.2) is 15.9 Å². The summed E-state index contributed by atoms with van der Waals surface area (Å²) in [6, 6.07) is 4.03. The van der Waals surface area contributed by atoms with Crippen molar-refractivity contribution >= 4 is 21.6 Å². The highest BCUT2D eigenvalue weighted by atomic mass is 79.9. The van der Waals surface area contributed by atoms with Gasteiger partial charge in [-0.3, -0.25) is 0 Å². The molecule has 2 rings (SSSR count). The zero-order chi connectivity index (χ0) is 10.8. The Morgan fingerprint density at radius 1 is 1.53 bits per heavy atom. The lowest BCUT2D eigenvalue weighted by Gasteiger charge is -2.02. The zero-order valence-corrected chi connectivity index (χ0v) is 10.3. The SMILES string of the molecule is Cc1nc2c(Br)cccn2c1CCCN. The maximum atomic E-state index is 5.53. The van der Waals surface area contributed by atoms with Crippen molar-refractivity contribution < 1.29 is 0 Å². The lowest BCUT2D eigenvalue weighted by Crippen LogP contribution is -2.03. The number of aromatic nitrogens is 2. The predicted octanol–water partition coefficient (Wildman–Crippen LogP) is 2.30. The van der Waals surface area contributed by atoms with Crippen molar-refractivity contribution in [3.63, 3.8) is 0 Å². The molecule has 3 nitrogen and oxygen atoms in total. The smallest absolute Gasteiger partial charge is 0.151 e. The molecule has 2 N–H and O–H groups in total. The number of nitrogens with zero attached hydrogens (tertiary/aromatic N) is 2. The Morgan fingerprint density at radius 2 is 2.33 bits per heavy atom. The summed E-state index contributed by atoms with van der Waals surface area (Å²) in [5.41, 5.74) is 8.87. The van der Waals surface area contributed by atoms with Crippen molar-refractivity contribution in [1.82, 2.24) is 9.38 Å². The Labute approximate surface area is 97.4 Å². The molecule has 0 aliphatic heterocycles. The minimum absolute atomic E-state index is 0.723. The summed E-state index contributed by atoms with van der Waals surface area (Å²) in [6.07, 6.45) is 4.03. The van der Waals surface area contributed by atoms with Crippen molar-refractivity contribution in [2.75, 3.05) is 6.54 Å². The van der Waals surface area contributed by atoms with E-state index in [-0.39, 0.29) is 0 Å². The first kappa shape index (κ1) is 10.6. The summed E-state index contributed by atoms with van der Waals surface area (Å²) in [5, 5.41) is 0. The van der Waals surface area contributed by atoms with Gasteiger partial charge in [-0.05, 0) is 54.4 Å². The standard InChI is InChI=1S/C11H14BrN3/c1-8-10(5-2-6-13)15-7-3-4-9(12)11(15)14-8/h3-4,7H,2,5-6,13H2,1H3. The molecule has 0 radical (unpaired) electrons. The molecular weight excluding hydrogens is 254 g/mol. The number of imidazole rings is 1. The van der Waals surface area contributed by atoms with Gasteiger partial charge in [-0.15, -0.1) is 0 Å². The lowest BCUT2D eigenvalue weighted by molar-refractivity contribution is 0.796. The maximum Gasteiger partial charge on any atom is 0.151 e. The van der Waals surface area contributed by atoms with Crippen LogP contribution in [0.25, 0.3) is 5.65 Å². The van der Waals surface area contributed by atoms with Gasteiger partial charge < -0.3 is 10.1 Å². The fraction of sp³-hybridized carbons (Fsp3) is 0.364. The van der Waals surface area contributed by atoms with Crippen molar-refractivity contribution in [3.05, 3.63) is 34.2 Å². The number of fused-ring (bicyclic) bond motifs is 1. The molecule has 0 aromatic carbocycles. The van der Waals surface area contributed by atoms with Gasteiger partial charge in [0.15, 0.2) is 5.65 Å². The molecule has 0 bridgehead atoms. The number of hydrogen-bond acceptors (Lipinski definition) is 2. The summed E-state index contributed by atoms with van der Waals surface area (Å²) in [4.78, 5) is 4.54. The Bertz CT molecular complexity index is 476. The minimum Gasteiger partial charge on any atom is -0.330 e. The van der Waals surface area contributed by atoms with Crippen molar-refractivity contribution in [1.29, 1.82) is 0 Å². The van der Waals surface area contributed by atoms with E-state index in [1.165, 1.54) is 5.69 Å². The Morgan fingerprint density at radius 3 is 3.07 bits per heavy atom. The van der Waals surface area contributed by atoms with E-state index in [2.05, 4.69) is 25.3 Å². The second-order valence-electron chi connectivity index (χ2n) is 3.59. The monoisotopic (exact) mass is 267 g/mol. The van der Waals surface area contributed by atoms with Crippen LogP contribution in [0.4, 0.5) is 0 Å². The first-order chi connectivity index (χ1) is 7.24. The normalized spacial score (nSPS) is 11.1. The molecule has 2 heterocycles. The largest absolute Gasteiger partial charge is 0.330 e. The first-order valence-electron chi connectivity index (χ1n) is 5.06. The minimum atomic E-state index is 0.723. The van der Waals surface area contributed by atoms with Gasteiger partial charge in [-0.25, -0.2) is 4.98 Å². The third-order valence-corrected chi connectivity index (χ3v) is 3.14. The number of hydrogen-bond donors (Lipinski definition) is 1. The van der Waals surface area contributed by atoms with Crippen LogP contribution in [0, 0.1) is 6.92 Å². The third-order valence-electron chi connectivity index (χ3n) is 2.52. The van der Waals surface area contributed by atoms with E-state index in [0.717, 1.165) is 35.2 Å². The zero-order valence-electron chi connectivity index (χ0n) is 8.70. The predicted molar refractivity (Wildman–Crippen MR) is 65.0 cm³/mol. The molecule has 0 saturated carbocycles. The van der Waals surface area contributed by atoms with Crippen LogP contribution < -0.4 is 5.73 Å². The first-order valence-corrected chi connectivity index (χ1v) is 5.85. The van der Waals surface area contributed by atoms with E-state index in [4.69, 9.17) is 5.73 Å². The fourth-order valence-electron chi connectivity index (χ4n) is 1.77. The van der Waals surface area contributed by atoms with E-state index in [0.29, 0.717) is 0 Å². The molecule has 0 unspecified atom stereocenters. The molecule has 0 aliphatic rings. The van der Waals surface area contributed by atoms with E-state index < -0.39 is 0 Å². The fourth-order valence-corrected chi connectivity index (χ4v) is 2.20. The van der Waals surface area contributed by atoms with Crippen LogP contribution in [0.5, 0.6) is 0 Å². The number of halogens is 1. The van der Waals surface area contributed by atoms with Gasteiger partial charge in [-0.2, -0.15) is 0 Å².